The topological polar surface area (TPSA) is 59.0 Å². The number of aliphatic carboxylic acids is 1. The molecule has 1 saturated heterocycles. The van der Waals surface area contributed by atoms with Crippen molar-refractivity contribution in [3.8, 4) is 11.5 Å². The number of carboxylic acids is 1. The largest absolute Gasteiger partial charge is 0.493 e. The number of rotatable bonds is 8. The van der Waals surface area contributed by atoms with Gasteiger partial charge in [-0.2, -0.15) is 0 Å². The van der Waals surface area contributed by atoms with Gasteiger partial charge in [0.05, 0.1) is 14.2 Å². The van der Waals surface area contributed by atoms with Gasteiger partial charge in [0.2, 0.25) is 0 Å². The van der Waals surface area contributed by atoms with Crippen LogP contribution in [0.4, 0.5) is 0 Å². The van der Waals surface area contributed by atoms with Crippen molar-refractivity contribution < 1.29 is 19.4 Å². The van der Waals surface area contributed by atoms with Gasteiger partial charge in [-0.3, -0.25) is 4.79 Å². The van der Waals surface area contributed by atoms with E-state index in [2.05, 4.69) is 11.0 Å². The van der Waals surface area contributed by atoms with Crippen LogP contribution in [-0.2, 0) is 4.79 Å². The molecule has 1 unspecified atom stereocenters. The molecule has 0 bridgehead atoms. The number of hydrogen-bond acceptors (Lipinski definition) is 4. The summed E-state index contributed by atoms with van der Waals surface area (Å²) < 4.78 is 10.9. The number of hydrogen-bond donors (Lipinski definition) is 1. The Morgan fingerprint density at radius 1 is 1.32 bits per heavy atom. The Bertz CT molecular complexity index is 503. The molecular formula is C17H25NO4. The minimum Gasteiger partial charge on any atom is -0.493 e. The highest BCUT2D eigenvalue weighted by Crippen LogP contribution is 2.39. The van der Waals surface area contributed by atoms with E-state index < -0.39 is 5.97 Å². The molecule has 1 aliphatic rings. The molecule has 0 saturated carbocycles. The van der Waals surface area contributed by atoms with E-state index in [9.17, 15) is 4.79 Å². The first kappa shape index (κ1) is 16.6. The van der Waals surface area contributed by atoms with Crippen LogP contribution >= 0.6 is 0 Å². The van der Waals surface area contributed by atoms with E-state index in [1.807, 2.05) is 12.1 Å². The number of para-hydroxylation sites is 1. The lowest BCUT2D eigenvalue weighted by molar-refractivity contribution is -0.137. The Kier molecular flexibility index (Phi) is 6.07. The lowest BCUT2D eigenvalue weighted by Gasteiger charge is -2.18. The van der Waals surface area contributed by atoms with Crippen molar-refractivity contribution in [3.63, 3.8) is 0 Å². The predicted molar refractivity (Wildman–Crippen MR) is 84.8 cm³/mol. The second kappa shape index (κ2) is 8.03. The lowest BCUT2D eigenvalue weighted by atomic mass is 9.97. The average Bonchev–Trinajstić information content (AvgIpc) is 2.99. The lowest BCUT2D eigenvalue weighted by Crippen LogP contribution is -2.21. The number of carbonyl (C=O) groups is 1. The molecular weight excluding hydrogens is 282 g/mol. The zero-order valence-electron chi connectivity index (χ0n) is 13.4. The number of carboxylic acid groups (broad SMARTS) is 1. The summed E-state index contributed by atoms with van der Waals surface area (Å²) in [4.78, 5) is 12.9. The fourth-order valence-electron chi connectivity index (χ4n) is 3.13. The Balaban J connectivity index is 1.91. The van der Waals surface area contributed by atoms with Gasteiger partial charge in [-0.05, 0) is 38.4 Å². The number of likely N-dealkylation sites (tertiary alicyclic amines) is 1. The van der Waals surface area contributed by atoms with Crippen LogP contribution < -0.4 is 9.47 Å². The monoisotopic (exact) mass is 307 g/mol. The van der Waals surface area contributed by atoms with Crippen molar-refractivity contribution in [2.24, 2.45) is 0 Å². The second-order valence-corrected chi connectivity index (χ2v) is 5.72. The summed E-state index contributed by atoms with van der Waals surface area (Å²) in [6, 6.07) is 6.03. The molecule has 122 valence electrons. The van der Waals surface area contributed by atoms with Gasteiger partial charge in [0.15, 0.2) is 11.5 Å². The van der Waals surface area contributed by atoms with Crippen LogP contribution in [0.5, 0.6) is 11.5 Å². The molecule has 0 spiro atoms. The molecule has 1 N–H and O–H groups in total. The molecule has 1 aromatic rings. The summed E-state index contributed by atoms with van der Waals surface area (Å²) in [7, 11) is 3.34. The highest BCUT2D eigenvalue weighted by Gasteiger charge is 2.26. The van der Waals surface area contributed by atoms with Crippen LogP contribution in [0.25, 0.3) is 0 Å². The molecule has 1 atom stereocenters. The third kappa shape index (κ3) is 4.13. The molecule has 2 rings (SSSR count). The normalized spacial score (nSPS) is 18.4. The van der Waals surface area contributed by atoms with E-state index in [0.717, 1.165) is 50.4 Å². The van der Waals surface area contributed by atoms with E-state index in [1.54, 1.807) is 14.2 Å². The smallest absolute Gasteiger partial charge is 0.303 e. The van der Waals surface area contributed by atoms with E-state index in [-0.39, 0.29) is 6.42 Å². The Hall–Kier alpha value is -1.75. The SMILES string of the molecule is COc1cccc(C2CCN(CCCCC(=O)O)C2)c1OC. The fraction of sp³-hybridized carbons (Fsp3) is 0.588. The van der Waals surface area contributed by atoms with Gasteiger partial charge in [0, 0.05) is 24.4 Å². The highest BCUT2D eigenvalue weighted by molar-refractivity contribution is 5.66. The Labute approximate surface area is 131 Å². The standard InChI is InChI=1S/C17H25NO4/c1-21-15-7-5-6-14(17(15)22-2)13-9-11-18(12-13)10-4-3-8-16(19)20/h5-7,13H,3-4,8-12H2,1-2H3,(H,19,20). The zero-order valence-corrected chi connectivity index (χ0v) is 13.4. The molecule has 1 fully saturated rings. The van der Waals surface area contributed by atoms with Crippen LogP contribution in [0.2, 0.25) is 0 Å². The Morgan fingerprint density at radius 3 is 2.82 bits per heavy atom. The Morgan fingerprint density at radius 2 is 2.14 bits per heavy atom. The molecule has 22 heavy (non-hydrogen) atoms. The van der Waals surface area contributed by atoms with Crippen LogP contribution in [0, 0.1) is 0 Å². The predicted octanol–water partition coefficient (Wildman–Crippen LogP) is 2.75. The van der Waals surface area contributed by atoms with E-state index in [1.165, 1.54) is 5.56 Å². The van der Waals surface area contributed by atoms with Gasteiger partial charge in [-0.15, -0.1) is 0 Å². The molecule has 1 aliphatic heterocycles. The molecule has 5 heteroatoms. The number of nitrogens with zero attached hydrogens (tertiary/aromatic N) is 1. The van der Waals surface area contributed by atoms with Crippen molar-refractivity contribution in [2.45, 2.75) is 31.6 Å². The summed E-state index contributed by atoms with van der Waals surface area (Å²) in [6.45, 7) is 3.02. The van der Waals surface area contributed by atoms with Crippen LogP contribution in [0.15, 0.2) is 18.2 Å². The summed E-state index contributed by atoms with van der Waals surface area (Å²) in [5, 5.41) is 8.66. The molecule has 0 radical (unpaired) electrons. The number of unbranched alkanes of at least 4 members (excludes halogenated alkanes) is 1. The summed E-state index contributed by atoms with van der Waals surface area (Å²) >= 11 is 0. The van der Waals surface area contributed by atoms with E-state index >= 15 is 0 Å². The molecule has 1 heterocycles. The van der Waals surface area contributed by atoms with Crippen LogP contribution in [0.3, 0.4) is 0 Å². The maximum atomic E-state index is 10.5. The van der Waals surface area contributed by atoms with E-state index in [0.29, 0.717) is 5.92 Å². The quantitative estimate of drug-likeness (QED) is 0.748. The zero-order chi connectivity index (χ0) is 15.9. The highest BCUT2D eigenvalue weighted by atomic mass is 16.5. The second-order valence-electron chi connectivity index (χ2n) is 5.72. The number of benzene rings is 1. The summed E-state index contributed by atoms with van der Waals surface area (Å²) in [5.41, 5.74) is 1.20. The third-order valence-electron chi connectivity index (χ3n) is 4.26. The summed E-state index contributed by atoms with van der Waals surface area (Å²) in [6.07, 6.45) is 3.05. The van der Waals surface area contributed by atoms with Gasteiger partial charge in [0.1, 0.15) is 0 Å². The van der Waals surface area contributed by atoms with Gasteiger partial charge >= 0.3 is 5.97 Å². The maximum absolute atomic E-state index is 10.5. The molecule has 5 nitrogen and oxygen atoms in total. The molecule has 0 aliphatic carbocycles. The minimum absolute atomic E-state index is 0.265. The van der Waals surface area contributed by atoms with Crippen LogP contribution in [0.1, 0.15) is 37.2 Å². The molecule has 0 aromatic heterocycles. The van der Waals surface area contributed by atoms with Crippen molar-refractivity contribution in [1.29, 1.82) is 0 Å². The first-order valence-corrected chi connectivity index (χ1v) is 7.80. The first-order valence-electron chi connectivity index (χ1n) is 7.80. The first-order chi connectivity index (χ1) is 10.7. The molecule has 0 amide bonds. The number of methoxy groups -OCH3 is 2. The number of ether oxygens (including phenoxy) is 2. The van der Waals surface area contributed by atoms with Gasteiger partial charge < -0.3 is 19.5 Å². The minimum atomic E-state index is -0.708. The van der Waals surface area contributed by atoms with E-state index in [4.69, 9.17) is 14.6 Å². The maximum Gasteiger partial charge on any atom is 0.303 e. The third-order valence-corrected chi connectivity index (χ3v) is 4.26. The van der Waals surface area contributed by atoms with Gasteiger partial charge in [-0.1, -0.05) is 12.1 Å². The van der Waals surface area contributed by atoms with Crippen molar-refractivity contribution in [1.82, 2.24) is 4.90 Å². The average molecular weight is 307 g/mol. The van der Waals surface area contributed by atoms with Gasteiger partial charge in [0.25, 0.3) is 0 Å². The molecule has 1 aromatic carbocycles. The summed E-state index contributed by atoms with van der Waals surface area (Å²) in [5.74, 6) is 1.35. The van der Waals surface area contributed by atoms with Crippen molar-refractivity contribution >= 4 is 5.97 Å². The fourth-order valence-corrected chi connectivity index (χ4v) is 3.13. The van der Waals surface area contributed by atoms with Crippen LogP contribution in [-0.4, -0.2) is 49.8 Å². The van der Waals surface area contributed by atoms with Crippen molar-refractivity contribution in [2.75, 3.05) is 33.9 Å². The van der Waals surface area contributed by atoms with Crippen molar-refractivity contribution in [3.05, 3.63) is 23.8 Å². The van der Waals surface area contributed by atoms with Gasteiger partial charge in [-0.25, -0.2) is 0 Å².